The van der Waals surface area contributed by atoms with E-state index in [1.807, 2.05) is 0 Å². The third-order valence-electron chi connectivity index (χ3n) is 4.17. The highest BCUT2D eigenvalue weighted by molar-refractivity contribution is 7.53. The molecular formula is C20H31N2O7P. The average molecular weight is 442 g/mol. The lowest BCUT2D eigenvalue weighted by atomic mass is 10.0. The molecule has 2 amide bonds. The van der Waals surface area contributed by atoms with Crippen LogP contribution in [0.4, 0.5) is 0 Å². The number of carbonyl (C=O) groups excluding carboxylic acids is 3. The summed E-state index contributed by atoms with van der Waals surface area (Å²) in [6, 6.07) is 5.34. The maximum Gasteiger partial charge on any atom is 0.335 e. The Hall–Kier alpha value is -2.22. The lowest BCUT2D eigenvalue weighted by Crippen LogP contribution is -2.46. The molecule has 3 N–H and O–H groups in total. The summed E-state index contributed by atoms with van der Waals surface area (Å²) in [5.41, 5.74) is 6.34. The zero-order valence-corrected chi connectivity index (χ0v) is 18.8. The highest BCUT2D eigenvalue weighted by Gasteiger charge is 2.26. The van der Waals surface area contributed by atoms with Crippen molar-refractivity contribution in [3.8, 4) is 0 Å². The molecule has 0 heterocycles. The van der Waals surface area contributed by atoms with Gasteiger partial charge in [0.25, 0.3) is 5.91 Å². The van der Waals surface area contributed by atoms with Crippen LogP contribution in [0.25, 0.3) is 0 Å². The number of ether oxygens (including phenoxy) is 1. The van der Waals surface area contributed by atoms with Gasteiger partial charge in [0.1, 0.15) is 6.04 Å². The van der Waals surface area contributed by atoms with Crippen LogP contribution in [0.15, 0.2) is 24.3 Å². The summed E-state index contributed by atoms with van der Waals surface area (Å²) < 4.78 is 28.1. The molecular weight excluding hydrogens is 411 g/mol. The second kappa shape index (κ2) is 12.5. The van der Waals surface area contributed by atoms with E-state index >= 15 is 0 Å². The lowest BCUT2D eigenvalue weighted by Gasteiger charge is -2.19. The number of rotatable bonds is 13. The molecule has 0 aromatic heterocycles. The maximum absolute atomic E-state index is 12.6. The lowest BCUT2D eigenvalue weighted by molar-refractivity contribution is -0.147. The predicted molar refractivity (Wildman–Crippen MR) is 112 cm³/mol. The molecule has 30 heavy (non-hydrogen) atoms. The van der Waals surface area contributed by atoms with Gasteiger partial charge in [-0.25, -0.2) is 0 Å². The van der Waals surface area contributed by atoms with Gasteiger partial charge in [-0.2, -0.15) is 0 Å². The monoisotopic (exact) mass is 442 g/mol. The Balaban J connectivity index is 2.81. The second-order valence-corrected chi connectivity index (χ2v) is 8.67. The van der Waals surface area contributed by atoms with Crippen LogP contribution in [0.5, 0.6) is 0 Å². The van der Waals surface area contributed by atoms with Crippen LogP contribution in [0.1, 0.15) is 50.0 Å². The zero-order valence-electron chi connectivity index (χ0n) is 17.9. The van der Waals surface area contributed by atoms with Gasteiger partial charge in [-0.05, 0) is 44.9 Å². The summed E-state index contributed by atoms with van der Waals surface area (Å²) in [6.07, 6.45) is 0.113. The first-order valence-corrected chi connectivity index (χ1v) is 11.6. The molecule has 0 radical (unpaired) electrons. The second-order valence-electron chi connectivity index (χ2n) is 6.62. The summed E-state index contributed by atoms with van der Waals surface area (Å²) in [4.78, 5) is 36.0. The maximum atomic E-state index is 12.6. The van der Waals surface area contributed by atoms with E-state index in [4.69, 9.17) is 19.5 Å². The minimum atomic E-state index is -3.25. The van der Waals surface area contributed by atoms with Crippen molar-refractivity contribution in [2.45, 2.75) is 46.3 Å². The topological polar surface area (TPSA) is 134 Å². The van der Waals surface area contributed by atoms with E-state index in [9.17, 15) is 18.9 Å². The molecule has 9 nitrogen and oxygen atoms in total. The smallest absolute Gasteiger partial charge is 0.335 e. The highest BCUT2D eigenvalue weighted by atomic mass is 31.2. The van der Waals surface area contributed by atoms with E-state index < -0.39 is 37.3 Å². The van der Waals surface area contributed by atoms with Crippen LogP contribution in [-0.2, 0) is 34.1 Å². The van der Waals surface area contributed by atoms with Crippen molar-refractivity contribution in [2.24, 2.45) is 11.7 Å². The molecule has 0 bridgehead atoms. The van der Waals surface area contributed by atoms with Crippen molar-refractivity contribution in [3.05, 3.63) is 35.4 Å². The van der Waals surface area contributed by atoms with Gasteiger partial charge in [-0.1, -0.05) is 19.1 Å². The molecule has 2 atom stereocenters. The van der Waals surface area contributed by atoms with Crippen LogP contribution >= 0.6 is 7.60 Å². The van der Waals surface area contributed by atoms with Gasteiger partial charge in [0, 0.05) is 5.56 Å². The number of nitrogens with one attached hydrogen (secondary N) is 1. The van der Waals surface area contributed by atoms with Crippen LogP contribution < -0.4 is 11.1 Å². The molecule has 168 valence electrons. The summed E-state index contributed by atoms with van der Waals surface area (Å²) in [6.45, 7) is 7.50. The van der Waals surface area contributed by atoms with E-state index in [0.717, 1.165) is 0 Å². The van der Waals surface area contributed by atoms with Crippen molar-refractivity contribution in [2.75, 3.05) is 19.8 Å². The van der Waals surface area contributed by atoms with Gasteiger partial charge < -0.3 is 24.8 Å². The van der Waals surface area contributed by atoms with Gasteiger partial charge in [0.2, 0.25) is 5.91 Å². The number of hydrogen-bond acceptors (Lipinski definition) is 7. The van der Waals surface area contributed by atoms with Crippen molar-refractivity contribution >= 4 is 25.4 Å². The quantitative estimate of drug-likeness (QED) is 0.354. The summed E-state index contributed by atoms with van der Waals surface area (Å²) in [5, 5.41) is 2.54. The van der Waals surface area contributed by atoms with E-state index in [1.54, 1.807) is 52.0 Å². The van der Waals surface area contributed by atoms with Gasteiger partial charge in [0.05, 0.1) is 31.9 Å². The van der Waals surface area contributed by atoms with Crippen LogP contribution in [-0.4, -0.2) is 43.6 Å². The minimum absolute atomic E-state index is 0.0316. The molecule has 10 heteroatoms. The van der Waals surface area contributed by atoms with Crippen molar-refractivity contribution in [1.82, 2.24) is 5.32 Å². The summed E-state index contributed by atoms with van der Waals surface area (Å²) in [5.74, 6) is -2.32. The fraction of sp³-hybridized carbons (Fsp3) is 0.550. The van der Waals surface area contributed by atoms with Crippen molar-refractivity contribution in [1.29, 1.82) is 0 Å². The molecule has 0 saturated heterocycles. The fourth-order valence-electron chi connectivity index (χ4n) is 2.73. The van der Waals surface area contributed by atoms with Crippen molar-refractivity contribution < 1.29 is 32.7 Å². The van der Waals surface area contributed by atoms with Crippen LogP contribution in [0.2, 0.25) is 0 Å². The van der Waals surface area contributed by atoms with Crippen molar-refractivity contribution in [3.63, 3.8) is 0 Å². The van der Waals surface area contributed by atoms with E-state index in [-0.39, 0.29) is 38.0 Å². The third kappa shape index (κ3) is 8.26. The Morgan fingerprint density at radius 2 is 1.60 bits per heavy atom. The highest BCUT2D eigenvalue weighted by Crippen LogP contribution is 2.51. The molecule has 1 aromatic rings. The Kier molecular flexibility index (Phi) is 10.7. The summed E-state index contributed by atoms with van der Waals surface area (Å²) in [7, 11) is -3.25. The van der Waals surface area contributed by atoms with Gasteiger partial charge in [-0.15, -0.1) is 0 Å². The van der Waals surface area contributed by atoms with Crippen LogP contribution in [0.3, 0.4) is 0 Å². The predicted octanol–water partition coefficient (Wildman–Crippen LogP) is 2.63. The molecule has 0 saturated carbocycles. The minimum Gasteiger partial charge on any atom is -0.466 e. The molecule has 0 unspecified atom stereocenters. The Labute approximate surface area is 177 Å². The van der Waals surface area contributed by atoms with Gasteiger partial charge in [-0.3, -0.25) is 18.9 Å². The molecule has 0 aliphatic carbocycles. The molecule has 0 aliphatic heterocycles. The molecule has 0 fully saturated rings. The fourth-order valence-corrected chi connectivity index (χ4v) is 4.43. The van der Waals surface area contributed by atoms with Crippen LogP contribution in [0, 0.1) is 5.92 Å². The first-order valence-electron chi connectivity index (χ1n) is 9.89. The molecule has 1 aromatic carbocycles. The SMILES string of the molecule is CCOC(=O)[C@H](C)C[C@@H](NC(=O)c1ccc(CP(=O)(OCC)OCC)cc1)C(N)=O. The third-order valence-corrected chi connectivity index (χ3v) is 6.23. The average Bonchev–Trinajstić information content (AvgIpc) is 2.68. The largest absolute Gasteiger partial charge is 0.466 e. The number of esters is 1. The van der Waals surface area contributed by atoms with E-state index in [0.29, 0.717) is 5.56 Å². The van der Waals surface area contributed by atoms with E-state index in [1.165, 1.54) is 0 Å². The Morgan fingerprint density at radius 3 is 2.07 bits per heavy atom. The first-order chi connectivity index (χ1) is 14.2. The van der Waals surface area contributed by atoms with Gasteiger partial charge >= 0.3 is 13.6 Å². The molecule has 0 aliphatic rings. The number of primary amides is 1. The Bertz CT molecular complexity index is 757. The number of benzene rings is 1. The number of hydrogen-bond donors (Lipinski definition) is 2. The molecule has 1 rings (SSSR count). The zero-order chi connectivity index (χ0) is 22.7. The first kappa shape index (κ1) is 25.8. The van der Waals surface area contributed by atoms with Gasteiger partial charge in [0.15, 0.2) is 0 Å². The normalized spacial score (nSPS) is 13.3. The number of carbonyl (C=O) groups is 3. The summed E-state index contributed by atoms with van der Waals surface area (Å²) >= 11 is 0. The standard InChI is InChI=1S/C20H31N2O7P/c1-5-27-20(25)14(4)12-17(18(21)23)22-19(24)16-10-8-15(9-11-16)13-30(26,28-6-2)29-7-3/h8-11,14,17H,5-7,12-13H2,1-4H3,(H2,21,23)(H,22,24)/t14-,17-/m1/s1. The molecule has 0 spiro atoms. The number of amides is 2. The van der Waals surface area contributed by atoms with E-state index in [2.05, 4.69) is 5.32 Å². The Morgan fingerprint density at radius 1 is 1.03 bits per heavy atom. The number of nitrogens with two attached hydrogens (primary N) is 1.